The molecule has 2 unspecified atom stereocenters. The highest BCUT2D eigenvalue weighted by atomic mass is 16.4. The second kappa shape index (κ2) is 10.8. The lowest BCUT2D eigenvalue weighted by Gasteiger charge is -2.12. The number of benzene rings is 1. The van der Waals surface area contributed by atoms with Crippen molar-refractivity contribution < 1.29 is 29.4 Å². The molecule has 0 aromatic heterocycles. The minimum atomic E-state index is -1.02. The third-order valence-electron chi connectivity index (χ3n) is 2.75. The number of rotatable bonds is 6. The highest BCUT2D eigenvalue weighted by Crippen LogP contribution is 2.03. The van der Waals surface area contributed by atoms with E-state index in [9.17, 15) is 19.2 Å². The Bertz CT molecular complexity index is 573. The summed E-state index contributed by atoms with van der Waals surface area (Å²) in [6.45, 7) is 3.99. The first-order valence-electron chi connectivity index (χ1n) is 7.17. The molecule has 0 spiro atoms. The van der Waals surface area contributed by atoms with Gasteiger partial charge >= 0.3 is 11.9 Å². The molecule has 24 heavy (non-hydrogen) atoms. The summed E-state index contributed by atoms with van der Waals surface area (Å²) in [5.74, 6) is -2.71. The van der Waals surface area contributed by atoms with Gasteiger partial charge in [-0.3, -0.25) is 14.4 Å². The van der Waals surface area contributed by atoms with E-state index in [1.165, 1.54) is 20.8 Å². The van der Waals surface area contributed by atoms with Crippen LogP contribution < -0.4 is 10.6 Å². The van der Waals surface area contributed by atoms with E-state index in [1.54, 1.807) is 0 Å². The third kappa shape index (κ3) is 9.93. The molecule has 0 heterocycles. The van der Waals surface area contributed by atoms with Crippen LogP contribution in [0.1, 0.15) is 26.3 Å². The van der Waals surface area contributed by atoms with E-state index in [0.29, 0.717) is 6.42 Å². The van der Waals surface area contributed by atoms with Gasteiger partial charge in [0, 0.05) is 20.3 Å². The van der Waals surface area contributed by atoms with Crippen molar-refractivity contribution in [1.29, 1.82) is 0 Å². The first-order chi connectivity index (χ1) is 11.1. The molecule has 0 bridgehead atoms. The highest BCUT2D eigenvalue weighted by Gasteiger charge is 2.18. The number of hydrogen-bond acceptors (Lipinski definition) is 4. The van der Waals surface area contributed by atoms with Crippen molar-refractivity contribution in [3.63, 3.8) is 0 Å². The lowest BCUT2D eigenvalue weighted by molar-refractivity contribution is -0.141. The predicted octanol–water partition coefficient (Wildman–Crippen LogP) is 0.414. The van der Waals surface area contributed by atoms with Gasteiger partial charge in [0.05, 0.1) is 0 Å². The van der Waals surface area contributed by atoms with E-state index < -0.39 is 24.0 Å². The second-order valence-corrected chi connectivity index (χ2v) is 5.04. The molecule has 0 aliphatic carbocycles. The maximum absolute atomic E-state index is 10.8. The molecule has 2 amide bonds. The van der Waals surface area contributed by atoms with E-state index in [2.05, 4.69) is 10.6 Å². The number of amides is 2. The summed E-state index contributed by atoms with van der Waals surface area (Å²) in [6, 6.07) is 7.55. The fraction of sp³-hybridized carbons (Fsp3) is 0.375. The van der Waals surface area contributed by atoms with Crippen molar-refractivity contribution in [1.82, 2.24) is 10.6 Å². The van der Waals surface area contributed by atoms with Crippen LogP contribution >= 0.6 is 0 Å². The zero-order valence-corrected chi connectivity index (χ0v) is 13.8. The Morgan fingerprint density at radius 1 is 0.917 bits per heavy atom. The van der Waals surface area contributed by atoms with Gasteiger partial charge < -0.3 is 20.8 Å². The molecular weight excluding hydrogens is 316 g/mol. The van der Waals surface area contributed by atoms with Gasteiger partial charge in [0.2, 0.25) is 11.8 Å². The number of hydrogen-bond donors (Lipinski definition) is 4. The van der Waals surface area contributed by atoms with Crippen molar-refractivity contribution in [2.45, 2.75) is 39.3 Å². The Kier molecular flexibility index (Phi) is 9.46. The van der Waals surface area contributed by atoms with Crippen molar-refractivity contribution in [2.75, 3.05) is 0 Å². The van der Waals surface area contributed by atoms with E-state index in [-0.39, 0.29) is 11.8 Å². The number of carbonyl (C=O) groups excluding carboxylic acids is 2. The van der Waals surface area contributed by atoms with Gasteiger partial charge in [-0.05, 0) is 12.5 Å². The van der Waals surface area contributed by atoms with Gasteiger partial charge in [0.15, 0.2) is 0 Å². The molecule has 0 saturated carbocycles. The molecule has 0 fully saturated rings. The average molecular weight is 338 g/mol. The molecule has 8 nitrogen and oxygen atoms in total. The van der Waals surface area contributed by atoms with Gasteiger partial charge in [-0.1, -0.05) is 30.3 Å². The Balaban J connectivity index is 0.000000506. The van der Waals surface area contributed by atoms with Crippen LogP contribution in [0.4, 0.5) is 0 Å². The first-order valence-corrected chi connectivity index (χ1v) is 7.17. The Morgan fingerprint density at radius 3 is 1.75 bits per heavy atom. The van der Waals surface area contributed by atoms with Crippen molar-refractivity contribution in [3.8, 4) is 0 Å². The van der Waals surface area contributed by atoms with Crippen LogP contribution in [0.25, 0.3) is 0 Å². The normalized spacial score (nSPS) is 12.0. The quantitative estimate of drug-likeness (QED) is 0.594. The predicted molar refractivity (Wildman–Crippen MR) is 86.3 cm³/mol. The number of carbonyl (C=O) groups is 4. The van der Waals surface area contributed by atoms with Gasteiger partial charge in [-0.25, -0.2) is 4.79 Å². The molecule has 0 aliphatic rings. The molecule has 8 heteroatoms. The number of carboxylic acid groups (broad SMARTS) is 2. The third-order valence-corrected chi connectivity index (χ3v) is 2.75. The zero-order valence-electron chi connectivity index (χ0n) is 13.8. The van der Waals surface area contributed by atoms with Gasteiger partial charge in [0.25, 0.3) is 0 Å². The van der Waals surface area contributed by atoms with Crippen molar-refractivity contribution in [3.05, 3.63) is 35.9 Å². The maximum atomic E-state index is 10.8. The number of aliphatic carboxylic acids is 2. The topological polar surface area (TPSA) is 133 Å². The van der Waals surface area contributed by atoms with Crippen LogP contribution in [-0.4, -0.2) is 46.0 Å². The van der Waals surface area contributed by atoms with E-state index in [1.807, 2.05) is 30.3 Å². The van der Waals surface area contributed by atoms with E-state index in [4.69, 9.17) is 10.2 Å². The van der Waals surface area contributed by atoms with Gasteiger partial charge in [-0.2, -0.15) is 0 Å². The van der Waals surface area contributed by atoms with E-state index >= 15 is 0 Å². The summed E-state index contributed by atoms with van der Waals surface area (Å²) in [6.07, 6.45) is 0.301. The summed E-state index contributed by atoms with van der Waals surface area (Å²) < 4.78 is 0. The molecule has 132 valence electrons. The monoisotopic (exact) mass is 338 g/mol. The molecular formula is C16H22N2O6. The molecule has 0 saturated heterocycles. The second-order valence-electron chi connectivity index (χ2n) is 5.04. The fourth-order valence-electron chi connectivity index (χ4n) is 1.66. The van der Waals surface area contributed by atoms with Crippen LogP contribution in [0.5, 0.6) is 0 Å². The smallest absolute Gasteiger partial charge is 0.326 e. The van der Waals surface area contributed by atoms with Gasteiger partial charge in [-0.15, -0.1) is 0 Å². The highest BCUT2D eigenvalue weighted by molar-refractivity contribution is 5.82. The zero-order chi connectivity index (χ0) is 18.7. The summed E-state index contributed by atoms with van der Waals surface area (Å²) in [5.41, 5.74) is 0.888. The van der Waals surface area contributed by atoms with Crippen LogP contribution in [0.3, 0.4) is 0 Å². The lowest BCUT2D eigenvalue weighted by Crippen LogP contribution is -2.41. The first kappa shape index (κ1) is 21.1. The Morgan fingerprint density at radius 2 is 1.42 bits per heavy atom. The minimum Gasteiger partial charge on any atom is -0.480 e. The molecule has 2 atom stereocenters. The molecule has 0 aliphatic heterocycles. The number of carboxylic acids is 2. The lowest BCUT2D eigenvalue weighted by atomic mass is 10.1. The van der Waals surface area contributed by atoms with Crippen LogP contribution in [0.2, 0.25) is 0 Å². The minimum absolute atomic E-state index is 0.301. The van der Waals surface area contributed by atoms with Crippen LogP contribution in [0.15, 0.2) is 30.3 Å². The van der Waals surface area contributed by atoms with Gasteiger partial charge in [0.1, 0.15) is 12.1 Å². The average Bonchev–Trinajstić information content (AvgIpc) is 2.47. The summed E-state index contributed by atoms with van der Waals surface area (Å²) in [5, 5.41) is 21.7. The molecule has 1 aromatic rings. The van der Waals surface area contributed by atoms with Crippen LogP contribution in [0, 0.1) is 0 Å². The van der Waals surface area contributed by atoms with Crippen LogP contribution in [-0.2, 0) is 25.6 Å². The van der Waals surface area contributed by atoms with Crippen molar-refractivity contribution >= 4 is 23.8 Å². The van der Waals surface area contributed by atoms with Crippen molar-refractivity contribution in [2.24, 2.45) is 0 Å². The SMILES string of the molecule is CC(=O)NC(C)C(=O)O.CC(=O)NC(Cc1ccccc1)C(=O)O. The summed E-state index contributed by atoms with van der Waals surface area (Å²) in [7, 11) is 0. The maximum Gasteiger partial charge on any atom is 0.326 e. The summed E-state index contributed by atoms with van der Waals surface area (Å²) in [4.78, 5) is 41.8. The standard InChI is InChI=1S/C11H13NO3.C5H9NO3/c1-8(13)12-10(11(14)15)7-9-5-3-2-4-6-9;1-3(5(8)9)6-4(2)7/h2-6,10H,7H2,1H3,(H,12,13)(H,14,15);3H,1-2H3,(H,6,7)(H,8,9). The molecule has 0 radical (unpaired) electrons. The summed E-state index contributed by atoms with van der Waals surface area (Å²) >= 11 is 0. The number of nitrogens with one attached hydrogen (secondary N) is 2. The fourth-order valence-corrected chi connectivity index (χ4v) is 1.66. The Labute approximate surface area is 139 Å². The largest absolute Gasteiger partial charge is 0.480 e. The Hall–Kier alpha value is -2.90. The molecule has 1 aromatic carbocycles. The molecule has 4 N–H and O–H groups in total. The molecule has 1 rings (SSSR count). The van der Waals surface area contributed by atoms with E-state index in [0.717, 1.165) is 5.56 Å².